The van der Waals surface area contributed by atoms with Crippen molar-refractivity contribution >= 4 is 11.9 Å². The zero-order valence-electron chi connectivity index (χ0n) is 11.2. The van der Waals surface area contributed by atoms with Crippen LogP contribution < -0.4 is 0 Å². The Hall–Kier alpha value is -1.77. The largest absolute Gasteiger partial charge is 0.444 e. The van der Waals surface area contributed by atoms with Gasteiger partial charge < -0.3 is 14.5 Å². The van der Waals surface area contributed by atoms with Gasteiger partial charge in [-0.1, -0.05) is 0 Å². The number of nitrogens with one attached hydrogen (secondary N) is 1. The van der Waals surface area contributed by atoms with Crippen molar-refractivity contribution < 1.29 is 9.53 Å². The molecule has 1 aliphatic heterocycles. The third-order valence-corrected chi connectivity index (χ3v) is 2.56. The maximum absolute atomic E-state index is 11.8. The first-order chi connectivity index (χ1) is 8.33. The molecule has 0 unspecified atom stereocenters. The highest BCUT2D eigenvalue weighted by atomic mass is 16.6. The second-order valence-electron chi connectivity index (χ2n) is 5.24. The molecule has 0 aromatic carbocycles. The maximum atomic E-state index is 11.8. The number of hydrogen-bond donors (Lipinski definition) is 1. The molecule has 1 saturated heterocycles. The van der Waals surface area contributed by atoms with Crippen LogP contribution in [-0.2, 0) is 4.74 Å². The Morgan fingerprint density at radius 3 is 2.22 bits per heavy atom. The van der Waals surface area contributed by atoms with E-state index in [1.807, 2.05) is 31.7 Å². The molecule has 0 bridgehead atoms. The van der Waals surface area contributed by atoms with Crippen LogP contribution in [0.3, 0.4) is 0 Å². The normalized spacial score (nSPS) is 16.1. The van der Waals surface area contributed by atoms with Crippen LogP contribution in [0.15, 0.2) is 0 Å². The Kier molecular flexibility index (Phi) is 4.54. The van der Waals surface area contributed by atoms with E-state index in [9.17, 15) is 4.79 Å². The number of rotatable bonds is 1. The summed E-state index contributed by atoms with van der Waals surface area (Å²) in [6.07, 6.45) is -0.194. The average Bonchev–Trinajstić information content (AvgIpc) is 2.27. The van der Waals surface area contributed by atoms with E-state index in [1.54, 1.807) is 4.90 Å². The molecule has 0 spiro atoms. The van der Waals surface area contributed by atoms with E-state index in [4.69, 9.17) is 15.4 Å². The summed E-state index contributed by atoms with van der Waals surface area (Å²) in [5.74, 6) is 0.321. The molecule has 100 valence electrons. The van der Waals surface area contributed by atoms with Crippen molar-refractivity contribution in [2.75, 3.05) is 26.2 Å². The van der Waals surface area contributed by atoms with Gasteiger partial charge in [-0.15, -0.1) is 0 Å². The van der Waals surface area contributed by atoms with Crippen LogP contribution >= 0.6 is 0 Å². The Labute approximate surface area is 108 Å². The standard InChI is InChI=1S/C12H20N4O2/c1-12(2,3)18-11(17)16-8-6-15(7-9-16)10(14)4-5-13/h14H,4,6-9H2,1-3H3. The first-order valence-corrected chi connectivity index (χ1v) is 6.01. The lowest BCUT2D eigenvalue weighted by molar-refractivity contribution is 0.0186. The van der Waals surface area contributed by atoms with Crippen LogP contribution in [-0.4, -0.2) is 53.5 Å². The molecule has 1 amide bonds. The average molecular weight is 252 g/mol. The van der Waals surface area contributed by atoms with Crippen molar-refractivity contribution in [1.29, 1.82) is 10.7 Å². The molecule has 1 heterocycles. The van der Waals surface area contributed by atoms with Gasteiger partial charge in [0.05, 0.1) is 12.5 Å². The molecule has 6 nitrogen and oxygen atoms in total. The van der Waals surface area contributed by atoms with Gasteiger partial charge in [0, 0.05) is 26.2 Å². The van der Waals surface area contributed by atoms with Crippen molar-refractivity contribution in [2.24, 2.45) is 0 Å². The Morgan fingerprint density at radius 2 is 1.78 bits per heavy atom. The predicted octanol–water partition coefficient (Wildman–Crippen LogP) is 1.43. The van der Waals surface area contributed by atoms with E-state index in [0.29, 0.717) is 32.0 Å². The van der Waals surface area contributed by atoms with Crippen molar-refractivity contribution in [2.45, 2.75) is 32.8 Å². The second kappa shape index (κ2) is 5.71. The van der Waals surface area contributed by atoms with E-state index in [-0.39, 0.29) is 12.5 Å². The number of ether oxygens (including phenoxy) is 1. The fourth-order valence-corrected chi connectivity index (χ4v) is 1.67. The van der Waals surface area contributed by atoms with Gasteiger partial charge in [-0.2, -0.15) is 5.26 Å². The first kappa shape index (κ1) is 14.3. The number of hydrogen-bond acceptors (Lipinski definition) is 4. The lowest BCUT2D eigenvalue weighted by atomic mass is 10.2. The molecule has 1 fully saturated rings. The van der Waals surface area contributed by atoms with Gasteiger partial charge in [-0.25, -0.2) is 4.79 Å². The van der Waals surface area contributed by atoms with Gasteiger partial charge in [0.25, 0.3) is 0 Å². The van der Waals surface area contributed by atoms with Crippen molar-refractivity contribution in [3.63, 3.8) is 0 Å². The third kappa shape index (κ3) is 4.24. The summed E-state index contributed by atoms with van der Waals surface area (Å²) in [6.45, 7) is 7.74. The molecule has 0 saturated carbocycles. The van der Waals surface area contributed by atoms with Gasteiger partial charge in [0.2, 0.25) is 0 Å². The quantitative estimate of drug-likeness (QED) is 0.565. The molecule has 6 heteroatoms. The van der Waals surface area contributed by atoms with Gasteiger partial charge >= 0.3 is 6.09 Å². The van der Waals surface area contributed by atoms with E-state index in [0.717, 1.165) is 0 Å². The summed E-state index contributed by atoms with van der Waals surface area (Å²) in [6, 6.07) is 1.96. The molecule has 18 heavy (non-hydrogen) atoms. The van der Waals surface area contributed by atoms with E-state index in [2.05, 4.69) is 0 Å². The van der Waals surface area contributed by atoms with Crippen LogP contribution in [0.5, 0.6) is 0 Å². The number of piperazine rings is 1. The predicted molar refractivity (Wildman–Crippen MR) is 67.3 cm³/mol. The zero-order chi connectivity index (χ0) is 13.8. The molecule has 0 aromatic heterocycles. The van der Waals surface area contributed by atoms with Crippen LogP contribution in [0.2, 0.25) is 0 Å². The van der Waals surface area contributed by atoms with Gasteiger partial charge in [0.1, 0.15) is 11.4 Å². The van der Waals surface area contributed by atoms with Crippen LogP contribution in [0.25, 0.3) is 0 Å². The van der Waals surface area contributed by atoms with Crippen LogP contribution in [0.4, 0.5) is 4.79 Å². The van der Waals surface area contributed by atoms with Crippen molar-refractivity contribution in [3.05, 3.63) is 0 Å². The molecular weight excluding hydrogens is 232 g/mol. The molecular formula is C12H20N4O2. The summed E-state index contributed by atoms with van der Waals surface area (Å²) in [5.41, 5.74) is -0.484. The van der Waals surface area contributed by atoms with E-state index in [1.165, 1.54) is 0 Å². The minimum Gasteiger partial charge on any atom is -0.444 e. The lowest BCUT2D eigenvalue weighted by Crippen LogP contribution is -2.51. The van der Waals surface area contributed by atoms with Gasteiger partial charge in [0.15, 0.2) is 0 Å². The maximum Gasteiger partial charge on any atom is 0.410 e. The summed E-state index contributed by atoms with van der Waals surface area (Å²) in [5, 5.41) is 16.2. The molecule has 1 aliphatic rings. The van der Waals surface area contributed by atoms with E-state index < -0.39 is 5.60 Å². The third-order valence-electron chi connectivity index (χ3n) is 2.56. The fraction of sp³-hybridized carbons (Fsp3) is 0.750. The first-order valence-electron chi connectivity index (χ1n) is 6.01. The number of amidine groups is 1. The number of carbonyl (C=O) groups excluding carboxylic acids is 1. The highest BCUT2D eigenvalue weighted by molar-refractivity contribution is 5.81. The minimum atomic E-state index is -0.484. The lowest BCUT2D eigenvalue weighted by Gasteiger charge is -2.36. The number of nitriles is 1. The SMILES string of the molecule is CC(C)(C)OC(=O)N1CCN(C(=N)CC#N)CC1. The number of carbonyl (C=O) groups is 1. The highest BCUT2D eigenvalue weighted by Gasteiger charge is 2.26. The van der Waals surface area contributed by atoms with Gasteiger partial charge in [-0.05, 0) is 20.8 Å². The van der Waals surface area contributed by atoms with Crippen molar-refractivity contribution in [1.82, 2.24) is 9.80 Å². The Bertz CT molecular complexity index is 359. The van der Waals surface area contributed by atoms with E-state index >= 15 is 0 Å². The number of nitrogens with zero attached hydrogens (tertiary/aromatic N) is 3. The molecule has 0 atom stereocenters. The minimum absolute atomic E-state index is 0.117. The fourth-order valence-electron chi connectivity index (χ4n) is 1.67. The summed E-state index contributed by atoms with van der Waals surface area (Å²) >= 11 is 0. The molecule has 0 aromatic rings. The van der Waals surface area contributed by atoms with Gasteiger partial charge in [-0.3, -0.25) is 5.41 Å². The van der Waals surface area contributed by atoms with Crippen LogP contribution in [0.1, 0.15) is 27.2 Å². The Morgan fingerprint density at radius 1 is 1.28 bits per heavy atom. The Balaban J connectivity index is 2.42. The zero-order valence-corrected chi connectivity index (χ0v) is 11.2. The topological polar surface area (TPSA) is 80.4 Å². The van der Waals surface area contributed by atoms with Crippen molar-refractivity contribution in [3.8, 4) is 6.07 Å². The second-order valence-corrected chi connectivity index (χ2v) is 5.24. The highest BCUT2D eigenvalue weighted by Crippen LogP contribution is 2.12. The monoisotopic (exact) mass is 252 g/mol. The molecule has 1 N–H and O–H groups in total. The van der Waals surface area contributed by atoms with Crippen LogP contribution in [0, 0.1) is 16.7 Å². The summed E-state index contributed by atoms with van der Waals surface area (Å²) in [7, 11) is 0. The number of amides is 1. The molecule has 0 aliphatic carbocycles. The summed E-state index contributed by atoms with van der Waals surface area (Å²) in [4.78, 5) is 15.3. The molecule has 0 radical (unpaired) electrons. The molecule has 1 rings (SSSR count). The smallest absolute Gasteiger partial charge is 0.410 e. The summed E-state index contributed by atoms with van der Waals surface area (Å²) < 4.78 is 5.28.